The molecule has 0 fully saturated rings. The van der Waals surface area contributed by atoms with Crippen molar-refractivity contribution in [1.82, 2.24) is 25.6 Å². The van der Waals surface area contributed by atoms with E-state index in [0.717, 1.165) is 24.7 Å². The predicted octanol–water partition coefficient (Wildman–Crippen LogP) is 0.146. The predicted molar refractivity (Wildman–Crippen MR) is 116 cm³/mol. The fraction of sp³-hybridized carbons (Fsp3) is 0.364. The molecular weight excluding hydrogens is 412 g/mol. The molecule has 4 N–H and O–H groups in total. The fourth-order valence-corrected chi connectivity index (χ4v) is 3.66. The zero-order chi connectivity index (χ0) is 22.9. The summed E-state index contributed by atoms with van der Waals surface area (Å²) in [5.41, 5.74) is 3.89. The highest BCUT2D eigenvalue weighted by atomic mass is 16.4. The normalized spacial score (nSPS) is 18.8. The Bertz CT molecular complexity index is 1010. The third kappa shape index (κ3) is 4.20. The topological polar surface area (TPSA) is 131 Å². The standard InChI is InChI=1S/C22H26N6O4/c1-14(15-4-6-16(7-5-15)28-11-3-8-25-28)26-21(31)22(2,32)19(29)20(30)27-12-17-18(13-27)24-10-9-23-17/h3-7,9-11,14,19,25,29,32H,8,12-13H2,1-2H3,(H,26,31)/t14-,19+,22-/m1/s1. The van der Waals surface area contributed by atoms with Gasteiger partial charge in [-0.1, -0.05) is 18.2 Å². The number of benzene rings is 1. The Hall–Kier alpha value is -3.34. The summed E-state index contributed by atoms with van der Waals surface area (Å²) in [6.07, 6.45) is 5.05. The maximum atomic E-state index is 12.8. The van der Waals surface area contributed by atoms with Crippen LogP contribution in [0.15, 0.2) is 48.9 Å². The van der Waals surface area contributed by atoms with E-state index in [9.17, 15) is 19.8 Å². The molecule has 1 aromatic carbocycles. The van der Waals surface area contributed by atoms with Gasteiger partial charge in [-0.05, 0) is 31.5 Å². The van der Waals surface area contributed by atoms with E-state index in [1.807, 2.05) is 41.6 Å². The molecule has 2 aliphatic rings. The van der Waals surface area contributed by atoms with Crippen molar-refractivity contribution in [2.45, 2.75) is 44.7 Å². The molecule has 10 nitrogen and oxygen atoms in total. The molecule has 0 unspecified atom stereocenters. The number of amides is 2. The third-order valence-corrected chi connectivity index (χ3v) is 5.73. The van der Waals surface area contributed by atoms with E-state index in [1.165, 1.54) is 17.3 Å². The van der Waals surface area contributed by atoms with Gasteiger partial charge in [-0.3, -0.25) is 24.6 Å². The molecule has 0 radical (unpaired) electrons. The lowest BCUT2D eigenvalue weighted by atomic mass is 9.95. The van der Waals surface area contributed by atoms with Gasteiger partial charge in [0.15, 0.2) is 11.7 Å². The summed E-state index contributed by atoms with van der Waals surface area (Å²) in [7, 11) is 0. The van der Waals surface area contributed by atoms with Crippen molar-refractivity contribution in [3.63, 3.8) is 0 Å². The number of aliphatic hydroxyl groups excluding tert-OH is 1. The van der Waals surface area contributed by atoms with Gasteiger partial charge in [0.2, 0.25) is 0 Å². The second-order valence-electron chi connectivity index (χ2n) is 8.10. The van der Waals surface area contributed by atoms with Crippen molar-refractivity contribution in [2.24, 2.45) is 0 Å². The molecule has 0 spiro atoms. The minimum Gasteiger partial charge on any atom is -0.380 e. The lowest BCUT2D eigenvalue weighted by molar-refractivity contribution is -0.166. The Balaban J connectivity index is 1.38. The molecule has 4 rings (SSSR count). The number of anilines is 1. The van der Waals surface area contributed by atoms with E-state index in [0.29, 0.717) is 11.4 Å². The number of hydrogen-bond donors (Lipinski definition) is 4. The Labute approximate surface area is 185 Å². The molecule has 0 saturated heterocycles. The lowest BCUT2D eigenvalue weighted by Crippen LogP contribution is -2.58. The number of nitrogens with one attached hydrogen (secondary N) is 2. The summed E-state index contributed by atoms with van der Waals surface area (Å²) in [5.74, 6) is -1.60. The van der Waals surface area contributed by atoms with Crippen molar-refractivity contribution in [3.05, 3.63) is 65.9 Å². The van der Waals surface area contributed by atoms with Gasteiger partial charge in [0.05, 0.1) is 36.2 Å². The van der Waals surface area contributed by atoms with Gasteiger partial charge in [-0.15, -0.1) is 0 Å². The molecule has 2 amide bonds. The molecule has 168 valence electrons. The van der Waals surface area contributed by atoms with Crippen LogP contribution in [0, 0.1) is 0 Å². The minimum absolute atomic E-state index is 0.167. The van der Waals surface area contributed by atoms with Gasteiger partial charge in [0.25, 0.3) is 11.8 Å². The number of rotatable bonds is 6. The number of aromatic nitrogens is 2. The van der Waals surface area contributed by atoms with Crippen LogP contribution in [-0.2, 0) is 22.7 Å². The second kappa shape index (κ2) is 8.65. The van der Waals surface area contributed by atoms with Crippen molar-refractivity contribution in [1.29, 1.82) is 0 Å². The molecule has 0 aliphatic carbocycles. The first-order valence-corrected chi connectivity index (χ1v) is 10.4. The summed E-state index contributed by atoms with van der Waals surface area (Å²) in [4.78, 5) is 35.2. The average Bonchev–Trinajstić information content (AvgIpc) is 3.48. The summed E-state index contributed by atoms with van der Waals surface area (Å²) in [5, 5.41) is 25.8. The summed E-state index contributed by atoms with van der Waals surface area (Å²) < 4.78 is 0. The Morgan fingerprint density at radius 1 is 1.16 bits per heavy atom. The Morgan fingerprint density at radius 2 is 1.78 bits per heavy atom. The van der Waals surface area contributed by atoms with Crippen LogP contribution >= 0.6 is 0 Å². The SMILES string of the molecule is C[C@@H](NC(=O)[C@](C)(O)[C@@H](O)C(=O)N1Cc2nccnc2C1)c1ccc(N2C=CCN2)cc1. The number of fused-ring (bicyclic) bond motifs is 1. The summed E-state index contributed by atoms with van der Waals surface area (Å²) in [6.45, 7) is 3.99. The van der Waals surface area contributed by atoms with Crippen LogP contribution in [0.25, 0.3) is 0 Å². The Morgan fingerprint density at radius 3 is 2.34 bits per heavy atom. The molecule has 2 aliphatic heterocycles. The number of hydrogen-bond acceptors (Lipinski definition) is 8. The van der Waals surface area contributed by atoms with Crippen LogP contribution in [0.3, 0.4) is 0 Å². The quantitative estimate of drug-likeness (QED) is 0.501. The fourth-order valence-electron chi connectivity index (χ4n) is 3.66. The van der Waals surface area contributed by atoms with E-state index < -0.39 is 29.6 Å². The largest absolute Gasteiger partial charge is 0.380 e. The number of nitrogens with zero attached hydrogens (tertiary/aromatic N) is 4. The second-order valence-corrected chi connectivity index (χ2v) is 8.10. The molecule has 32 heavy (non-hydrogen) atoms. The third-order valence-electron chi connectivity index (χ3n) is 5.73. The van der Waals surface area contributed by atoms with E-state index in [2.05, 4.69) is 20.7 Å². The maximum Gasteiger partial charge on any atom is 0.255 e. The number of aliphatic hydroxyl groups is 2. The van der Waals surface area contributed by atoms with Gasteiger partial charge in [-0.2, -0.15) is 0 Å². The lowest BCUT2D eigenvalue weighted by Gasteiger charge is -2.31. The first-order chi connectivity index (χ1) is 15.3. The highest BCUT2D eigenvalue weighted by molar-refractivity contribution is 5.94. The average molecular weight is 438 g/mol. The monoisotopic (exact) mass is 438 g/mol. The first kappa shape index (κ1) is 21.9. The van der Waals surface area contributed by atoms with Crippen LogP contribution in [0.4, 0.5) is 5.69 Å². The minimum atomic E-state index is -2.31. The van der Waals surface area contributed by atoms with Crippen molar-refractivity contribution >= 4 is 17.5 Å². The van der Waals surface area contributed by atoms with Crippen LogP contribution in [-0.4, -0.2) is 55.1 Å². The van der Waals surface area contributed by atoms with E-state index in [4.69, 9.17) is 0 Å². The van der Waals surface area contributed by atoms with Crippen molar-refractivity contribution in [3.8, 4) is 0 Å². The zero-order valence-electron chi connectivity index (χ0n) is 17.9. The zero-order valence-corrected chi connectivity index (χ0v) is 17.9. The molecular formula is C22H26N6O4. The van der Waals surface area contributed by atoms with Crippen LogP contribution in [0.1, 0.15) is 36.8 Å². The molecule has 1 aromatic heterocycles. The van der Waals surface area contributed by atoms with E-state index in [1.54, 1.807) is 6.92 Å². The molecule has 3 atom stereocenters. The number of carbonyl (C=O) groups is 2. The molecule has 0 saturated carbocycles. The van der Waals surface area contributed by atoms with E-state index in [-0.39, 0.29) is 13.1 Å². The number of hydrazine groups is 1. The van der Waals surface area contributed by atoms with Crippen LogP contribution in [0.5, 0.6) is 0 Å². The highest BCUT2D eigenvalue weighted by Crippen LogP contribution is 2.24. The van der Waals surface area contributed by atoms with Crippen LogP contribution < -0.4 is 15.8 Å². The van der Waals surface area contributed by atoms with Gasteiger partial charge >= 0.3 is 0 Å². The molecule has 0 bridgehead atoms. The van der Waals surface area contributed by atoms with Crippen molar-refractivity contribution < 1.29 is 19.8 Å². The summed E-state index contributed by atoms with van der Waals surface area (Å²) in [6, 6.07) is 7.10. The molecule has 2 aromatic rings. The molecule has 10 heteroatoms. The first-order valence-electron chi connectivity index (χ1n) is 10.4. The summed E-state index contributed by atoms with van der Waals surface area (Å²) >= 11 is 0. The van der Waals surface area contributed by atoms with E-state index >= 15 is 0 Å². The number of carbonyl (C=O) groups excluding carboxylic acids is 2. The van der Waals surface area contributed by atoms with Crippen molar-refractivity contribution in [2.75, 3.05) is 11.6 Å². The highest BCUT2D eigenvalue weighted by Gasteiger charge is 2.45. The van der Waals surface area contributed by atoms with Gasteiger partial charge in [0.1, 0.15) is 0 Å². The smallest absolute Gasteiger partial charge is 0.255 e. The van der Waals surface area contributed by atoms with Gasteiger partial charge in [-0.25, -0.2) is 5.43 Å². The molecule has 3 heterocycles. The van der Waals surface area contributed by atoms with Crippen LogP contribution in [0.2, 0.25) is 0 Å². The van der Waals surface area contributed by atoms with Gasteiger partial charge in [0, 0.05) is 25.1 Å². The van der Waals surface area contributed by atoms with Gasteiger partial charge < -0.3 is 20.4 Å². The Kier molecular flexibility index (Phi) is 5.92. The maximum absolute atomic E-state index is 12.8.